The van der Waals surface area contributed by atoms with Gasteiger partial charge in [-0.2, -0.15) is 0 Å². The number of halogens is 1. The number of fused-ring (bicyclic) bond motifs is 1. The molecule has 8 heteroatoms. The molecular weight excluding hydrogens is 387 g/mol. The van der Waals surface area contributed by atoms with Gasteiger partial charge < -0.3 is 4.90 Å². The van der Waals surface area contributed by atoms with Crippen molar-refractivity contribution < 1.29 is 9.18 Å². The van der Waals surface area contributed by atoms with E-state index < -0.39 is 17.1 Å². The summed E-state index contributed by atoms with van der Waals surface area (Å²) in [5, 5.41) is 0.0922. The molecule has 0 bridgehead atoms. The quantitative estimate of drug-likeness (QED) is 0.663. The smallest absolute Gasteiger partial charge is 0.332 e. The lowest BCUT2D eigenvalue weighted by atomic mass is 10.1. The maximum absolute atomic E-state index is 14.2. The van der Waals surface area contributed by atoms with E-state index in [-0.39, 0.29) is 34.6 Å². The lowest BCUT2D eigenvalue weighted by molar-refractivity contribution is 0.0726. The van der Waals surface area contributed by atoms with E-state index in [1.807, 2.05) is 0 Å². The average molecular weight is 410 g/mol. The molecule has 4 rings (SSSR count). The zero-order chi connectivity index (χ0) is 21.4. The van der Waals surface area contributed by atoms with Gasteiger partial charge in [0, 0.05) is 31.4 Å². The molecule has 1 fully saturated rings. The molecule has 0 saturated carbocycles. The van der Waals surface area contributed by atoms with E-state index >= 15 is 0 Å². The topological polar surface area (TPSA) is 77.2 Å². The number of benzene rings is 1. The van der Waals surface area contributed by atoms with Gasteiger partial charge in [-0.05, 0) is 38.3 Å². The minimum atomic E-state index is -0.635. The monoisotopic (exact) mass is 410 g/mol. The number of aryl methyl sites for hydroxylation is 2. The summed E-state index contributed by atoms with van der Waals surface area (Å²) >= 11 is 0. The highest BCUT2D eigenvalue weighted by atomic mass is 19.1. The number of piperidine rings is 1. The molecule has 0 atom stereocenters. The van der Waals surface area contributed by atoms with Crippen LogP contribution in [0.25, 0.3) is 11.0 Å². The predicted octanol–water partition coefficient (Wildman–Crippen LogP) is 2.22. The summed E-state index contributed by atoms with van der Waals surface area (Å²) in [5.74, 6) is -0.739. The summed E-state index contributed by atoms with van der Waals surface area (Å²) in [6.45, 7) is 2.77. The van der Waals surface area contributed by atoms with Crippen molar-refractivity contribution in [2.45, 2.75) is 32.7 Å². The fraction of sp³-hybridized carbons (Fsp3) is 0.364. The summed E-state index contributed by atoms with van der Waals surface area (Å²) in [6, 6.07) is 7.59. The third-order valence-corrected chi connectivity index (χ3v) is 5.58. The average Bonchev–Trinajstić information content (AvgIpc) is 2.75. The molecular formula is C22H23FN4O3. The van der Waals surface area contributed by atoms with E-state index in [0.29, 0.717) is 18.8 Å². The van der Waals surface area contributed by atoms with E-state index in [1.165, 1.54) is 23.7 Å². The van der Waals surface area contributed by atoms with Crippen molar-refractivity contribution in [3.8, 4) is 0 Å². The number of amides is 1. The Morgan fingerprint density at radius 1 is 1.13 bits per heavy atom. The van der Waals surface area contributed by atoms with Gasteiger partial charge in [0.05, 0.1) is 17.5 Å². The Labute approximate surface area is 172 Å². The van der Waals surface area contributed by atoms with Crippen LogP contribution in [0.5, 0.6) is 0 Å². The third kappa shape index (κ3) is 3.42. The van der Waals surface area contributed by atoms with Crippen molar-refractivity contribution in [2.24, 2.45) is 7.05 Å². The van der Waals surface area contributed by atoms with Gasteiger partial charge in [-0.25, -0.2) is 14.2 Å². The Morgan fingerprint density at radius 3 is 2.53 bits per heavy atom. The number of nitrogens with zero attached hydrogens (tertiary/aromatic N) is 4. The van der Waals surface area contributed by atoms with E-state index in [0.717, 1.165) is 23.8 Å². The third-order valence-electron chi connectivity index (χ3n) is 5.58. The molecule has 1 saturated heterocycles. The van der Waals surface area contributed by atoms with E-state index in [9.17, 15) is 18.8 Å². The lowest BCUT2D eigenvalue weighted by Crippen LogP contribution is -2.42. The molecule has 0 N–H and O–H groups in total. The number of hydrogen-bond acceptors (Lipinski definition) is 4. The second kappa shape index (κ2) is 7.85. The highest BCUT2D eigenvalue weighted by Crippen LogP contribution is 2.19. The first-order valence-corrected chi connectivity index (χ1v) is 10.0. The fourth-order valence-electron chi connectivity index (χ4n) is 3.98. The second-order valence-electron chi connectivity index (χ2n) is 7.69. The minimum Gasteiger partial charge on any atom is -0.339 e. The van der Waals surface area contributed by atoms with Gasteiger partial charge in [0.2, 0.25) is 0 Å². The van der Waals surface area contributed by atoms with Crippen LogP contribution in [0.3, 0.4) is 0 Å². The Bertz CT molecular complexity index is 1260. The van der Waals surface area contributed by atoms with Crippen LogP contribution in [0, 0.1) is 12.7 Å². The first-order valence-electron chi connectivity index (χ1n) is 10.0. The number of rotatable bonds is 3. The highest BCUT2D eigenvalue weighted by molar-refractivity contribution is 6.05. The summed E-state index contributed by atoms with van der Waals surface area (Å²) in [7, 11) is 1.50. The Balaban J connectivity index is 1.94. The maximum atomic E-state index is 14.2. The van der Waals surface area contributed by atoms with Gasteiger partial charge in [0.1, 0.15) is 11.5 Å². The normalized spacial score (nSPS) is 14.3. The second-order valence-corrected chi connectivity index (χ2v) is 7.69. The molecule has 3 heterocycles. The van der Waals surface area contributed by atoms with Crippen LogP contribution in [-0.2, 0) is 13.6 Å². The minimum absolute atomic E-state index is 0.0922. The predicted molar refractivity (Wildman–Crippen MR) is 111 cm³/mol. The number of likely N-dealkylation sites (tertiary alicyclic amines) is 1. The SMILES string of the molecule is Cc1cc(C(=O)N2CCCCC2)c2c(=O)n(Cc3ccccc3F)c(=O)n(C)c2n1. The number of hydrogen-bond donors (Lipinski definition) is 0. The van der Waals surface area contributed by atoms with Crippen molar-refractivity contribution in [1.82, 2.24) is 19.0 Å². The molecule has 1 amide bonds. The van der Waals surface area contributed by atoms with Crippen LogP contribution in [0.1, 0.15) is 40.9 Å². The van der Waals surface area contributed by atoms with Gasteiger partial charge in [-0.1, -0.05) is 18.2 Å². The highest BCUT2D eigenvalue weighted by Gasteiger charge is 2.25. The summed E-state index contributed by atoms with van der Waals surface area (Å²) in [6.07, 6.45) is 2.91. The summed E-state index contributed by atoms with van der Waals surface area (Å²) < 4.78 is 16.4. The number of carbonyl (C=O) groups excluding carboxylic acids is 1. The molecule has 156 valence electrons. The summed E-state index contributed by atoms with van der Waals surface area (Å²) in [5.41, 5.74) is -0.0731. The van der Waals surface area contributed by atoms with Gasteiger partial charge in [0.15, 0.2) is 0 Å². The van der Waals surface area contributed by atoms with Gasteiger partial charge in [0.25, 0.3) is 11.5 Å². The first kappa shape index (κ1) is 20.0. The Morgan fingerprint density at radius 2 is 1.83 bits per heavy atom. The van der Waals surface area contributed by atoms with Crippen molar-refractivity contribution >= 4 is 16.9 Å². The van der Waals surface area contributed by atoms with Gasteiger partial charge in [-0.15, -0.1) is 0 Å². The number of pyridine rings is 1. The molecule has 1 aliphatic rings. The van der Waals surface area contributed by atoms with E-state index in [1.54, 1.807) is 30.0 Å². The molecule has 1 aliphatic heterocycles. The molecule has 0 spiro atoms. The molecule has 30 heavy (non-hydrogen) atoms. The van der Waals surface area contributed by atoms with Crippen molar-refractivity contribution in [3.63, 3.8) is 0 Å². The van der Waals surface area contributed by atoms with Crippen molar-refractivity contribution in [1.29, 1.82) is 0 Å². The molecule has 2 aromatic heterocycles. The number of aromatic nitrogens is 3. The Hall–Kier alpha value is -3.29. The van der Waals surface area contributed by atoms with E-state index in [4.69, 9.17) is 0 Å². The van der Waals surface area contributed by atoms with Crippen molar-refractivity contribution in [3.05, 3.63) is 73.8 Å². The van der Waals surface area contributed by atoms with Crippen LogP contribution in [-0.4, -0.2) is 38.0 Å². The van der Waals surface area contributed by atoms with E-state index in [2.05, 4.69) is 4.98 Å². The standard InChI is InChI=1S/C22H23FN4O3/c1-14-12-16(20(28)26-10-6-3-7-11-26)18-19(24-14)25(2)22(30)27(21(18)29)13-15-8-4-5-9-17(15)23/h4-5,8-9,12H,3,6-7,10-11,13H2,1-2H3. The molecule has 1 aromatic carbocycles. The zero-order valence-electron chi connectivity index (χ0n) is 17.0. The zero-order valence-corrected chi connectivity index (χ0v) is 17.0. The molecule has 0 aliphatic carbocycles. The molecule has 0 unspecified atom stereocenters. The van der Waals surface area contributed by atoms with Crippen molar-refractivity contribution in [2.75, 3.05) is 13.1 Å². The van der Waals surface area contributed by atoms with Gasteiger partial charge in [-0.3, -0.25) is 18.7 Å². The fourth-order valence-corrected chi connectivity index (χ4v) is 3.98. The molecule has 0 radical (unpaired) electrons. The largest absolute Gasteiger partial charge is 0.339 e. The number of carbonyl (C=O) groups is 1. The first-order chi connectivity index (χ1) is 14.4. The molecule has 7 nitrogen and oxygen atoms in total. The van der Waals surface area contributed by atoms with Crippen LogP contribution in [0.2, 0.25) is 0 Å². The maximum Gasteiger partial charge on any atom is 0.332 e. The van der Waals surface area contributed by atoms with Crippen LogP contribution in [0.4, 0.5) is 4.39 Å². The van der Waals surface area contributed by atoms with Crippen LogP contribution < -0.4 is 11.2 Å². The molecule has 3 aromatic rings. The van der Waals surface area contributed by atoms with Gasteiger partial charge >= 0.3 is 5.69 Å². The lowest BCUT2D eigenvalue weighted by Gasteiger charge is -2.27. The van der Waals surface area contributed by atoms with Crippen LogP contribution >= 0.6 is 0 Å². The van der Waals surface area contributed by atoms with Crippen LogP contribution in [0.15, 0.2) is 39.9 Å². The summed E-state index contributed by atoms with van der Waals surface area (Å²) in [4.78, 5) is 45.6. The Kier molecular flexibility index (Phi) is 5.24.